The second-order valence-corrected chi connectivity index (χ2v) is 6.03. The fraction of sp³-hybridized carbons (Fsp3) is 0.400. The van der Waals surface area contributed by atoms with Crippen LogP contribution in [0.15, 0.2) is 46.8 Å². The van der Waals surface area contributed by atoms with E-state index in [0.717, 1.165) is 5.56 Å². The molecule has 0 radical (unpaired) electrons. The third-order valence-electron chi connectivity index (χ3n) is 4.22. The summed E-state index contributed by atoms with van der Waals surface area (Å²) in [6.45, 7) is 7.47. The number of hydrogen-bond donors (Lipinski definition) is 1. The van der Waals surface area contributed by atoms with Gasteiger partial charge in [0.2, 0.25) is 0 Å². The molecule has 6 heteroatoms. The zero-order chi connectivity index (χ0) is 19.3. The molecule has 1 heterocycles. The Morgan fingerprint density at radius 3 is 1.85 bits per heavy atom. The van der Waals surface area contributed by atoms with E-state index in [2.05, 4.69) is 5.32 Å². The molecule has 5 nitrogen and oxygen atoms in total. The number of allylic oxidation sites excluding steroid dienone is 2. The van der Waals surface area contributed by atoms with Crippen molar-refractivity contribution in [2.45, 2.75) is 34.1 Å². The lowest BCUT2D eigenvalue weighted by atomic mass is 9.81. The van der Waals surface area contributed by atoms with Crippen LogP contribution in [0.4, 0.5) is 4.39 Å². The quantitative estimate of drug-likeness (QED) is 0.788. The van der Waals surface area contributed by atoms with E-state index in [-0.39, 0.29) is 19.0 Å². The molecule has 1 N–H and O–H groups in total. The van der Waals surface area contributed by atoms with E-state index in [1.165, 1.54) is 12.1 Å². The molecule has 0 saturated carbocycles. The van der Waals surface area contributed by atoms with Crippen LogP contribution in [0.25, 0.3) is 0 Å². The van der Waals surface area contributed by atoms with Crippen LogP contribution in [-0.4, -0.2) is 25.2 Å². The summed E-state index contributed by atoms with van der Waals surface area (Å²) < 4.78 is 23.6. The molecule has 0 bridgehead atoms. The second-order valence-electron chi connectivity index (χ2n) is 6.03. The molecule has 0 aromatic heterocycles. The number of dihydropyridines is 1. The number of ether oxygens (including phenoxy) is 2. The SMILES string of the molecule is CCOC(=O)C1=C(C)NC(C)=C(C(=O)OCC)C1Cc1ccc(F)cc1. The lowest BCUT2D eigenvalue weighted by Crippen LogP contribution is -2.34. The van der Waals surface area contributed by atoms with Crippen molar-refractivity contribution in [1.82, 2.24) is 5.32 Å². The molecule has 2 rings (SSSR count). The Kier molecular flexibility index (Phi) is 6.55. The summed E-state index contributed by atoms with van der Waals surface area (Å²) in [5, 5.41) is 3.08. The Hall–Kier alpha value is -2.63. The summed E-state index contributed by atoms with van der Waals surface area (Å²) >= 11 is 0. The van der Waals surface area contributed by atoms with Crippen LogP contribution in [0.5, 0.6) is 0 Å². The normalized spacial score (nSPS) is 15.0. The van der Waals surface area contributed by atoms with E-state index in [1.807, 2.05) is 0 Å². The average Bonchev–Trinajstić information content (AvgIpc) is 2.57. The zero-order valence-corrected chi connectivity index (χ0v) is 15.5. The summed E-state index contributed by atoms with van der Waals surface area (Å²) in [6.07, 6.45) is 0.360. The van der Waals surface area contributed by atoms with Crippen molar-refractivity contribution in [1.29, 1.82) is 0 Å². The molecular weight excluding hydrogens is 337 g/mol. The van der Waals surface area contributed by atoms with Gasteiger partial charge in [-0.05, 0) is 51.8 Å². The molecule has 1 aromatic rings. The Balaban J connectivity index is 2.48. The van der Waals surface area contributed by atoms with Gasteiger partial charge in [-0.15, -0.1) is 0 Å². The lowest BCUT2D eigenvalue weighted by molar-refractivity contribution is -0.140. The van der Waals surface area contributed by atoms with Gasteiger partial charge in [0.15, 0.2) is 0 Å². The predicted molar refractivity (Wildman–Crippen MR) is 95.4 cm³/mol. The highest BCUT2D eigenvalue weighted by Crippen LogP contribution is 2.34. The van der Waals surface area contributed by atoms with Crippen LogP contribution >= 0.6 is 0 Å². The van der Waals surface area contributed by atoms with Crippen LogP contribution in [0.1, 0.15) is 33.3 Å². The Morgan fingerprint density at radius 2 is 1.42 bits per heavy atom. The smallest absolute Gasteiger partial charge is 0.336 e. The minimum atomic E-state index is -0.528. The first-order valence-electron chi connectivity index (χ1n) is 8.66. The van der Waals surface area contributed by atoms with Crippen molar-refractivity contribution in [2.75, 3.05) is 13.2 Å². The van der Waals surface area contributed by atoms with Gasteiger partial charge in [-0.3, -0.25) is 0 Å². The van der Waals surface area contributed by atoms with Gasteiger partial charge < -0.3 is 14.8 Å². The first-order chi connectivity index (χ1) is 12.4. The van der Waals surface area contributed by atoms with E-state index in [4.69, 9.17) is 9.47 Å². The van der Waals surface area contributed by atoms with Crippen LogP contribution in [0.2, 0.25) is 0 Å². The molecule has 0 amide bonds. The molecule has 140 valence electrons. The third kappa shape index (κ3) is 4.31. The largest absolute Gasteiger partial charge is 0.463 e. The van der Waals surface area contributed by atoms with Crippen molar-refractivity contribution in [3.05, 3.63) is 58.2 Å². The highest BCUT2D eigenvalue weighted by atomic mass is 19.1. The van der Waals surface area contributed by atoms with Crippen LogP contribution in [0.3, 0.4) is 0 Å². The number of hydrogen-bond acceptors (Lipinski definition) is 5. The predicted octanol–water partition coefficient (Wildman–Crippen LogP) is 3.26. The molecule has 0 fully saturated rings. The van der Waals surface area contributed by atoms with E-state index < -0.39 is 17.9 Å². The topological polar surface area (TPSA) is 64.6 Å². The number of nitrogens with one attached hydrogen (secondary N) is 1. The summed E-state index contributed by atoms with van der Waals surface area (Å²) in [4.78, 5) is 25.1. The van der Waals surface area contributed by atoms with Crippen molar-refractivity contribution in [3.8, 4) is 0 Å². The number of carbonyl (C=O) groups excluding carboxylic acids is 2. The van der Waals surface area contributed by atoms with Gasteiger partial charge >= 0.3 is 11.9 Å². The minimum absolute atomic E-state index is 0.232. The van der Waals surface area contributed by atoms with Crippen LogP contribution in [0, 0.1) is 11.7 Å². The minimum Gasteiger partial charge on any atom is -0.463 e. The molecule has 0 aliphatic carbocycles. The summed E-state index contributed by atoms with van der Waals surface area (Å²) in [7, 11) is 0. The van der Waals surface area contributed by atoms with E-state index in [1.54, 1.807) is 39.8 Å². The maximum atomic E-state index is 13.2. The zero-order valence-electron chi connectivity index (χ0n) is 15.5. The summed E-state index contributed by atoms with van der Waals surface area (Å²) in [5.41, 5.74) is 2.87. The van der Waals surface area contributed by atoms with Crippen LogP contribution < -0.4 is 5.32 Å². The Labute approximate surface area is 152 Å². The fourth-order valence-electron chi connectivity index (χ4n) is 3.15. The van der Waals surface area contributed by atoms with Crippen molar-refractivity contribution >= 4 is 11.9 Å². The first kappa shape index (κ1) is 19.7. The molecule has 0 spiro atoms. The van der Waals surface area contributed by atoms with Gasteiger partial charge in [0.25, 0.3) is 0 Å². The van der Waals surface area contributed by atoms with E-state index in [9.17, 15) is 14.0 Å². The number of carbonyl (C=O) groups is 2. The molecule has 0 unspecified atom stereocenters. The number of rotatable bonds is 6. The maximum Gasteiger partial charge on any atom is 0.336 e. The van der Waals surface area contributed by atoms with E-state index in [0.29, 0.717) is 29.0 Å². The molecule has 1 aromatic carbocycles. The molecule has 0 saturated heterocycles. The third-order valence-corrected chi connectivity index (χ3v) is 4.22. The first-order valence-corrected chi connectivity index (χ1v) is 8.66. The van der Waals surface area contributed by atoms with Crippen molar-refractivity contribution in [3.63, 3.8) is 0 Å². The van der Waals surface area contributed by atoms with Gasteiger partial charge in [0, 0.05) is 17.3 Å². The Bertz CT molecular complexity index is 710. The van der Waals surface area contributed by atoms with Gasteiger partial charge in [0.1, 0.15) is 5.82 Å². The van der Waals surface area contributed by atoms with Crippen molar-refractivity contribution in [2.24, 2.45) is 5.92 Å². The van der Waals surface area contributed by atoms with Crippen molar-refractivity contribution < 1.29 is 23.5 Å². The van der Waals surface area contributed by atoms with E-state index >= 15 is 0 Å². The molecule has 26 heavy (non-hydrogen) atoms. The second kappa shape index (κ2) is 8.65. The molecular formula is C20H24FNO4. The highest BCUT2D eigenvalue weighted by Gasteiger charge is 2.36. The molecule has 1 aliphatic rings. The number of halogens is 1. The fourth-order valence-corrected chi connectivity index (χ4v) is 3.15. The standard InChI is InChI=1S/C20H24FNO4/c1-5-25-19(23)17-12(3)22-13(4)18(20(24)26-6-2)16(17)11-14-7-9-15(21)10-8-14/h7-10,16,22H,5-6,11H2,1-4H3. The van der Waals surface area contributed by atoms with Crippen LogP contribution in [-0.2, 0) is 25.5 Å². The van der Waals surface area contributed by atoms with Gasteiger partial charge in [-0.25, -0.2) is 14.0 Å². The average molecular weight is 361 g/mol. The molecule has 0 atom stereocenters. The summed E-state index contributed by atoms with van der Waals surface area (Å²) in [5.74, 6) is -1.81. The lowest BCUT2D eigenvalue weighted by Gasteiger charge is -2.30. The number of benzene rings is 1. The molecule has 1 aliphatic heterocycles. The van der Waals surface area contributed by atoms with Gasteiger partial charge in [0.05, 0.1) is 24.4 Å². The van der Waals surface area contributed by atoms with Gasteiger partial charge in [-0.1, -0.05) is 12.1 Å². The van der Waals surface area contributed by atoms with Gasteiger partial charge in [-0.2, -0.15) is 0 Å². The Morgan fingerprint density at radius 1 is 0.962 bits per heavy atom. The monoisotopic (exact) mass is 361 g/mol. The maximum absolute atomic E-state index is 13.2. The number of esters is 2. The summed E-state index contributed by atoms with van der Waals surface area (Å²) in [6, 6.07) is 6.01. The highest BCUT2D eigenvalue weighted by molar-refractivity contribution is 5.97.